The number of aromatic nitrogens is 1. The number of carbonyl (C=O) groups excluding carboxylic acids is 1. The van der Waals surface area contributed by atoms with Crippen molar-refractivity contribution in [3.63, 3.8) is 0 Å². The first-order chi connectivity index (χ1) is 14.5. The molecule has 0 aliphatic carbocycles. The van der Waals surface area contributed by atoms with Crippen molar-refractivity contribution in [3.05, 3.63) is 44.4 Å². The molecular formula is C21H24BrN3O5S. The standard InChI is InChI=1S/C21H24BrN3O5S/c1-11(24-20(28)30-21(2,3)4)8-15-16(22)17-18(29-15)13(9-14(25-17)19(26)27)23-10-12-6-5-7-31-12/h5-7,9,11H,8,10H2,1-4H3,(H,23,25)(H,24,28)(H,26,27). The zero-order valence-electron chi connectivity index (χ0n) is 17.6. The van der Waals surface area contributed by atoms with E-state index in [1.54, 1.807) is 32.1 Å². The highest BCUT2D eigenvalue weighted by Gasteiger charge is 2.23. The Kier molecular flexibility index (Phi) is 6.90. The first-order valence-electron chi connectivity index (χ1n) is 9.64. The van der Waals surface area contributed by atoms with Crippen LogP contribution in [0.2, 0.25) is 0 Å². The van der Waals surface area contributed by atoms with E-state index in [9.17, 15) is 14.7 Å². The van der Waals surface area contributed by atoms with Gasteiger partial charge in [-0.3, -0.25) is 0 Å². The fourth-order valence-corrected chi connectivity index (χ4v) is 4.05. The van der Waals surface area contributed by atoms with Gasteiger partial charge in [0.2, 0.25) is 0 Å². The molecule has 1 atom stereocenters. The number of anilines is 1. The summed E-state index contributed by atoms with van der Waals surface area (Å²) < 4.78 is 11.9. The molecule has 8 nitrogen and oxygen atoms in total. The van der Waals surface area contributed by atoms with Crippen LogP contribution in [-0.4, -0.2) is 33.8 Å². The number of aromatic carboxylic acids is 1. The molecule has 3 N–H and O–H groups in total. The molecule has 0 radical (unpaired) electrons. The summed E-state index contributed by atoms with van der Waals surface area (Å²) in [5.41, 5.74) is 0.718. The molecule has 0 bridgehead atoms. The van der Waals surface area contributed by atoms with Crippen LogP contribution in [0.4, 0.5) is 10.5 Å². The summed E-state index contributed by atoms with van der Waals surface area (Å²) in [6.45, 7) is 7.74. The number of alkyl carbamates (subject to hydrolysis) is 1. The zero-order chi connectivity index (χ0) is 22.8. The van der Waals surface area contributed by atoms with Gasteiger partial charge < -0.3 is 24.9 Å². The third-order valence-electron chi connectivity index (χ3n) is 4.16. The largest absolute Gasteiger partial charge is 0.477 e. The highest BCUT2D eigenvalue weighted by atomic mass is 79.9. The van der Waals surface area contributed by atoms with E-state index in [4.69, 9.17) is 9.15 Å². The number of carboxylic acid groups (broad SMARTS) is 1. The lowest BCUT2D eigenvalue weighted by Crippen LogP contribution is -2.38. The van der Waals surface area contributed by atoms with Crippen molar-refractivity contribution in [2.75, 3.05) is 5.32 Å². The lowest BCUT2D eigenvalue weighted by molar-refractivity contribution is 0.0507. The van der Waals surface area contributed by atoms with Crippen molar-refractivity contribution in [1.82, 2.24) is 10.3 Å². The van der Waals surface area contributed by atoms with Crippen LogP contribution in [0.15, 0.2) is 32.5 Å². The second-order valence-corrected chi connectivity index (χ2v) is 9.89. The van der Waals surface area contributed by atoms with Gasteiger partial charge in [0.05, 0.1) is 10.2 Å². The minimum atomic E-state index is -1.13. The van der Waals surface area contributed by atoms with Crippen LogP contribution in [0.5, 0.6) is 0 Å². The SMILES string of the molecule is CC(Cc1oc2c(NCc3cccs3)cc(C(=O)O)nc2c1Br)NC(=O)OC(C)(C)C. The van der Waals surface area contributed by atoms with Crippen molar-refractivity contribution < 1.29 is 23.8 Å². The smallest absolute Gasteiger partial charge is 0.407 e. The third-order valence-corrected chi connectivity index (χ3v) is 5.85. The van der Waals surface area contributed by atoms with Gasteiger partial charge >= 0.3 is 12.1 Å². The van der Waals surface area contributed by atoms with Crippen LogP contribution >= 0.6 is 27.3 Å². The van der Waals surface area contributed by atoms with E-state index < -0.39 is 17.7 Å². The number of nitrogens with one attached hydrogen (secondary N) is 2. The molecule has 0 aliphatic rings. The number of fused-ring (bicyclic) bond motifs is 1. The quantitative estimate of drug-likeness (QED) is 0.389. The highest BCUT2D eigenvalue weighted by Crippen LogP contribution is 2.35. The Morgan fingerprint density at radius 3 is 2.74 bits per heavy atom. The first kappa shape index (κ1) is 23.1. The predicted octanol–water partition coefficient (Wildman–Crippen LogP) is 5.42. The van der Waals surface area contributed by atoms with Gasteiger partial charge in [-0.2, -0.15) is 0 Å². The van der Waals surface area contributed by atoms with Crippen LogP contribution in [-0.2, 0) is 17.7 Å². The van der Waals surface area contributed by atoms with E-state index in [-0.39, 0.29) is 11.7 Å². The summed E-state index contributed by atoms with van der Waals surface area (Å²) in [6.07, 6.45) is -0.153. The summed E-state index contributed by atoms with van der Waals surface area (Å²) in [5.74, 6) is -0.580. The Labute approximate surface area is 192 Å². The zero-order valence-corrected chi connectivity index (χ0v) is 20.0. The molecule has 3 heterocycles. The number of amides is 1. The molecular weight excluding hydrogens is 486 g/mol. The topological polar surface area (TPSA) is 114 Å². The number of rotatable bonds is 7. The van der Waals surface area contributed by atoms with Gasteiger partial charge in [0.25, 0.3) is 0 Å². The van der Waals surface area contributed by atoms with Gasteiger partial charge in [-0.05, 0) is 61.1 Å². The van der Waals surface area contributed by atoms with E-state index in [0.29, 0.717) is 40.0 Å². The minimum absolute atomic E-state index is 0.0887. The number of pyridine rings is 1. The van der Waals surface area contributed by atoms with Crippen molar-refractivity contribution in [2.24, 2.45) is 0 Å². The molecule has 1 unspecified atom stereocenters. The van der Waals surface area contributed by atoms with Gasteiger partial charge in [0, 0.05) is 23.9 Å². The van der Waals surface area contributed by atoms with E-state index in [0.717, 1.165) is 4.88 Å². The maximum absolute atomic E-state index is 12.0. The summed E-state index contributed by atoms with van der Waals surface area (Å²) in [5, 5.41) is 17.4. The number of thiophene rings is 1. The first-order valence-corrected chi connectivity index (χ1v) is 11.3. The van der Waals surface area contributed by atoms with Crippen molar-refractivity contribution in [2.45, 2.75) is 52.3 Å². The summed E-state index contributed by atoms with van der Waals surface area (Å²) in [6, 6.07) is 5.11. The van der Waals surface area contributed by atoms with Crippen molar-refractivity contribution >= 4 is 56.1 Å². The van der Waals surface area contributed by atoms with Crippen molar-refractivity contribution in [1.29, 1.82) is 0 Å². The number of carbonyl (C=O) groups is 2. The third kappa shape index (κ3) is 5.98. The highest BCUT2D eigenvalue weighted by molar-refractivity contribution is 9.10. The van der Waals surface area contributed by atoms with Crippen LogP contribution < -0.4 is 10.6 Å². The molecule has 1 amide bonds. The van der Waals surface area contributed by atoms with Gasteiger partial charge in [-0.25, -0.2) is 14.6 Å². The number of halogens is 1. The van der Waals surface area contributed by atoms with E-state index >= 15 is 0 Å². The predicted molar refractivity (Wildman–Crippen MR) is 123 cm³/mol. The second-order valence-electron chi connectivity index (χ2n) is 8.06. The van der Waals surface area contributed by atoms with Gasteiger partial charge in [-0.1, -0.05) is 6.07 Å². The Hall–Kier alpha value is -2.59. The van der Waals surface area contributed by atoms with Crippen LogP contribution in [0.25, 0.3) is 11.1 Å². The molecule has 0 aliphatic heterocycles. The molecule has 3 aromatic rings. The van der Waals surface area contributed by atoms with E-state index in [1.165, 1.54) is 6.07 Å². The lowest BCUT2D eigenvalue weighted by Gasteiger charge is -2.21. The molecule has 0 fully saturated rings. The van der Waals surface area contributed by atoms with Gasteiger partial charge in [0.15, 0.2) is 11.3 Å². The average Bonchev–Trinajstić information content (AvgIpc) is 3.27. The molecule has 0 saturated carbocycles. The number of carboxylic acids is 1. The van der Waals surface area contributed by atoms with Crippen LogP contribution in [0, 0.1) is 0 Å². The molecule has 10 heteroatoms. The molecule has 3 rings (SSSR count). The number of hydrogen-bond donors (Lipinski definition) is 3. The number of ether oxygens (including phenoxy) is 1. The van der Waals surface area contributed by atoms with E-state index in [2.05, 4.69) is 31.5 Å². The molecule has 166 valence electrons. The van der Waals surface area contributed by atoms with Gasteiger partial charge in [-0.15, -0.1) is 11.3 Å². The van der Waals surface area contributed by atoms with Crippen LogP contribution in [0.1, 0.15) is 48.8 Å². The summed E-state index contributed by atoms with van der Waals surface area (Å²) >= 11 is 5.08. The molecule has 0 aromatic carbocycles. The number of furan rings is 1. The Morgan fingerprint density at radius 1 is 1.39 bits per heavy atom. The van der Waals surface area contributed by atoms with Gasteiger partial charge in [0.1, 0.15) is 16.9 Å². The minimum Gasteiger partial charge on any atom is -0.477 e. The number of nitrogens with zero attached hydrogens (tertiary/aromatic N) is 1. The average molecular weight is 510 g/mol. The fourth-order valence-electron chi connectivity index (χ4n) is 2.89. The Bertz CT molecular complexity index is 1090. The van der Waals surface area contributed by atoms with E-state index in [1.807, 2.05) is 24.4 Å². The van der Waals surface area contributed by atoms with Crippen LogP contribution in [0.3, 0.4) is 0 Å². The summed E-state index contributed by atoms with van der Waals surface area (Å²) in [7, 11) is 0. The molecule has 31 heavy (non-hydrogen) atoms. The Morgan fingerprint density at radius 2 is 2.13 bits per heavy atom. The molecule has 3 aromatic heterocycles. The Balaban J connectivity index is 1.85. The normalized spacial score (nSPS) is 12.5. The fraction of sp³-hybridized carbons (Fsp3) is 0.381. The molecule has 0 saturated heterocycles. The lowest BCUT2D eigenvalue weighted by atomic mass is 10.2. The molecule has 0 spiro atoms. The maximum Gasteiger partial charge on any atom is 0.407 e. The maximum atomic E-state index is 12.0. The summed E-state index contributed by atoms with van der Waals surface area (Å²) in [4.78, 5) is 28.9. The number of hydrogen-bond acceptors (Lipinski definition) is 7. The monoisotopic (exact) mass is 509 g/mol. The van der Waals surface area contributed by atoms with Crippen molar-refractivity contribution in [3.8, 4) is 0 Å². The second kappa shape index (κ2) is 9.27.